The van der Waals surface area contributed by atoms with Crippen molar-refractivity contribution in [1.82, 2.24) is 20.3 Å². The number of carbonyl (C=O) groups is 1. The number of hydrogen-bond donors (Lipinski definition) is 6. The van der Waals surface area contributed by atoms with Crippen molar-refractivity contribution in [2.45, 2.75) is 150 Å². The summed E-state index contributed by atoms with van der Waals surface area (Å²) in [4.78, 5) is 14.6. The van der Waals surface area contributed by atoms with Crippen molar-refractivity contribution >= 4 is 5.91 Å². The Kier molecular flexibility index (Phi) is 8.37. The second-order valence-corrected chi connectivity index (χ2v) is 19.0. The highest BCUT2D eigenvalue weighted by atomic mass is 16.5. The van der Waals surface area contributed by atoms with E-state index in [1.807, 2.05) is 0 Å². The zero-order valence-corrected chi connectivity index (χ0v) is 30.5. The van der Waals surface area contributed by atoms with Crippen molar-refractivity contribution < 1.29 is 35.1 Å². The van der Waals surface area contributed by atoms with E-state index in [-0.39, 0.29) is 58.2 Å². The fourth-order valence-corrected chi connectivity index (χ4v) is 12.6. The number of rotatable bonds is 4. The molecular weight excluding hydrogens is 624 g/mol. The van der Waals surface area contributed by atoms with E-state index < -0.39 is 36.1 Å². The zero-order chi connectivity index (χ0) is 35.5. The molecule has 11 heteroatoms. The average Bonchev–Trinajstić information content (AvgIpc) is 3.49. The monoisotopic (exact) mass is 684 g/mol. The third-order valence-corrected chi connectivity index (χ3v) is 15.8. The molecule has 0 radical (unpaired) electrons. The van der Waals surface area contributed by atoms with Crippen molar-refractivity contribution in [3.8, 4) is 0 Å². The number of allylic oxidation sites excluding steroid dienone is 2. The number of nitrogens with one attached hydrogen (secondary N) is 1. The van der Waals surface area contributed by atoms with Crippen LogP contribution in [0.3, 0.4) is 0 Å². The number of aromatic nitrogens is 3. The predicted molar refractivity (Wildman–Crippen MR) is 181 cm³/mol. The second-order valence-electron chi connectivity index (χ2n) is 19.0. The van der Waals surface area contributed by atoms with E-state index in [1.165, 1.54) is 10.3 Å². The number of fused-ring (bicyclic) bond motifs is 7. The number of amides is 1. The summed E-state index contributed by atoms with van der Waals surface area (Å²) in [5, 5.41) is 65.3. The minimum Gasteiger partial charge on any atom is -0.393 e. The highest BCUT2D eigenvalue weighted by Gasteiger charge is 2.71. The zero-order valence-electron chi connectivity index (χ0n) is 30.5. The highest BCUT2D eigenvalue weighted by Crippen LogP contribution is 2.75. The summed E-state index contributed by atoms with van der Waals surface area (Å²) in [6, 6.07) is 0. The lowest BCUT2D eigenvalue weighted by Crippen LogP contribution is -2.68. The lowest BCUT2D eigenvalue weighted by atomic mass is 9.33. The van der Waals surface area contributed by atoms with Gasteiger partial charge in [-0.15, -0.1) is 5.10 Å². The van der Waals surface area contributed by atoms with Gasteiger partial charge in [-0.2, -0.15) is 0 Å². The number of carbonyl (C=O) groups excluding carboxylic acids is 1. The molecule has 0 spiro atoms. The number of hydrogen-bond acceptors (Lipinski definition) is 9. The van der Waals surface area contributed by atoms with Crippen molar-refractivity contribution in [3.63, 3.8) is 0 Å². The Bertz CT molecular complexity index is 1490. The molecule has 1 aromatic rings. The van der Waals surface area contributed by atoms with Crippen molar-refractivity contribution in [3.05, 3.63) is 23.5 Å². The first-order valence-corrected chi connectivity index (χ1v) is 18.7. The van der Waals surface area contributed by atoms with Gasteiger partial charge in [0.2, 0.25) is 5.91 Å². The molecular formula is C38H60N4O7. The maximum atomic E-state index is 14.6. The lowest BCUT2D eigenvalue weighted by molar-refractivity contribution is -0.215. The molecule has 5 fully saturated rings. The molecule has 13 atom stereocenters. The van der Waals surface area contributed by atoms with Gasteiger partial charge in [0.25, 0.3) is 0 Å². The summed E-state index contributed by atoms with van der Waals surface area (Å²) in [5.41, 5.74) is 0.559. The van der Waals surface area contributed by atoms with E-state index in [1.54, 1.807) is 6.20 Å². The van der Waals surface area contributed by atoms with Gasteiger partial charge in [0.05, 0.1) is 37.0 Å². The van der Waals surface area contributed by atoms with Crippen molar-refractivity contribution in [2.75, 3.05) is 6.61 Å². The molecule has 6 aliphatic rings. The molecule has 0 aromatic carbocycles. The molecule has 49 heavy (non-hydrogen) atoms. The SMILES string of the molecule is CC1(C)CC[C@]2(C(=O)NCc3cn([C@@H]4OC[C@H](O)[C@H](O)[C@H]4O)nn3)[C@H](O)C[C@]3(C)C(=CC[C@@H]4[C@@]5(C)CC[C@H](O)C(C)(C)[C@@H]5CC[C@]43C)[C@@H]2C1. The van der Waals surface area contributed by atoms with Crippen LogP contribution in [-0.2, 0) is 16.1 Å². The Morgan fingerprint density at radius 1 is 0.918 bits per heavy atom. The maximum absolute atomic E-state index is 14.6. The van der Waals surface area contributed by atoms with E-state index in [0.29, 0.717) is 30.4 Å². The average molecular weight is 685 g/mol. The molecule has 7 rings (SSSR count). The van der Waals surface area contributed by atoms with Crippen LogP contribution in [0.2, 0.25) is 0 Å². The number of aliphatic hydroxyl groups excluding tert-OH is 5. The Morgan fingerprint density at radius 3 is 2.39 bits per heavy atom. The largest absolute Gasteiger partial charge is 0.393 e. The second kappa shape index (κ2) is 11.6. The minimum absolute atomic E-state index is 0.0276. The summed E-state index contributed by atoms with van der Waals surface area (Å²) < 4.78 is 6.82. The molecule has 1 amide bonds. The molecule has 274 valence electrons. The van der Waals surface area contributed by atoms with Crippen molar-refractivity contribution in [1.29, 1.82) is 0 Å². The van der Waals surface area contributed by atoms with Gasteiger partial charge in [0.1, 0.15) is 24.0 Å². The Balaban J connectivity index is 1.17. The van der Waals surface area contributed by atoms with Gasteiger partial charge in [-0.1, -0.05) is 65.3 Å². The Labute approximate surface area is 290 Å². The number of aliphatic hydroxyl groups is 5. The molecule has 1 aliphatic heterocycles. The quantitative estimate of drug-likeness (QED) is 0.259. The lowest BCUT2D eigenvalue weighted by Gasteiger charge is -2.71. The molecule has 1 saturated heterocycles. The minimum atomic E-state index is -1.39. The van der Waals surface area contributed by atoms with Gasteiger partial charge in [-0.3, -0.25) is 4.79 Å². The van der Waals surface area contributed by atoms with Crippen molar-refractivity contribution in [2.24, 2.45) is 50.2 Å². The van der Waals surface area contributed by atoms with Crippen LogP contribution in [0.15, 0.2) is 17.8 Å². The first-order chi connectivity index (χ1) is 22.8. The Morgan fingerprint density at radius 2 is 1.65 bits per heavy atom. The van der Waals surface area contributed by atoms with Crippen LogP contribution in [0, 0.1) is 50.2 Å². The molecule has 0 unspecified atom stereocenters. The fraction of sp³-hybridized carbons (Fsp3) is 0.868. The van der Waals surface area contributed by atoms with Crippen LogP contribution < -0.4 is 5.32 Å². The highest BCUT2D eigenvalue weighted by molar-refractivity contribution is 5.85. The number of ether oxygens (including phenoxy) is 1. The molecule has 2 heterocycles. The van der Waals surface area contributed by atoms with Gasteiger partial charge in [-0.05, 0) is 103 Å². The summed E-state index contributed by atoms with van der Waals surface area (Å²) in [6.07, 6.45) is 5.77. The predicted octanol–water partition coefficient (Wildman–Crippen LogP) is 3.64. The van der Waals surface area contributed by atoms with Gasteiger partial charge in [0.15, 0.2) is 6.23 Å². The molecule has 5 aliphatic carbocycles. The first kappa shape index (κ1) is 35.5. The van der Waals surface area contributed by atoms with E-state index in [2.05, 4.69) is 70.2 Å². The first-order valence-electron chi connectivity index (χ1n) is 18.7. The van der Waals surface area contributed by atoms with Crippen LogP contribution in [0.4, 0.5) is 0 Å². The van der Waals surface area contributed by atoms with Crippen LogP contribution in [0.1, 0.15) is 118 Å². The Hall–Kier alpha value is -1.89. The van der Waals surface area contributed by atoms with Crippen LogP contribution in [0.25, 0.3) is 0 Å². The fourth-order valence-electron chi connectivity index (χ4n) is 12.6. The van der Waals surface area contributed by atoms with Crippen LogP contribution in [-0.4, -0.2) is 83.6 Å². The van der Waals surface area contributed by atoms with E-state index in [9.17, 15) is 30.3 Å². The topological polar surface area (TPSA) is 170 Å². The summed E-state index contributed by atoms with van der Waals surface area (Å²) >= 11 is 0. The van der Waals surface area contributed by atoms with Gasteiger partial charge >= 0.3 is 0 Å². The smallest absolute Gasteiger partial charge is 0.229 e. The standard InChI is InChI=1S/C38H60N4O7/c1-33(2)14-15-38(32(48)39-18-21-19-42(41-40-21)31-30(47)29(46)24(43)20-49-31)23(16-33)22-8-9-26-35(5)12-11-27(44)34(3,4)25(35)10-13-36(26,6)37(22,7)17-28(38)45/h8,19,23-31,43-47H,9-18,20H2,1-7H3,(H,39,48)/t23-,24-,25-,26+,27-,28+,29-,30+,31+,35-,36+,37+,38+/m0/s1. The summed E-state index contributed by atoms with van der Waals surface area (Å²) in [7, 11) is 0. The van der Waals surface area contributed by atoms with Crippen LogP contribution >= 0.6 is 0 Å². The van der Waals surface area contributed by atoms with Gasteiger partial charge in [-0.25, -0.2) is 4.68 Å². The van der Waals surface area contributed by atoms with Gasteiger partial charge in [0, 0.05) is 0 Å². The maximum Gasteiger partial charge on any atom is 0.229 e. The molecule has 4 saturated carbocycles. The molecule has 1 aromatic heterocycles. The normalized spacial score (nSPS) is 48.7. The van der Waals surface area contributed by atoms with E-state index in [4.69, 9.17) is 4.74 Å². The van der Waals surface area contributed by atoms with Gasteiger partial charge < -0.3 is 35.6 Å². The van der Waals surface area contributed by atoms with E-state index >= 15 is 0 Å². The number of nitrogens with zero attached hydrogens (tertiary/aromatic N) is 3. The molecule has 11 nitrogen and oxygen atoms in total. The van der Waals surface area contributed by atoms with E-state index in [0.717, 1.165) is 44.9 Å². The molecule has 0 bridgehead atoms. The summed E-state index contributed by atoms with van der Waals surface area (Å²) in [5.74, 6) is 0.627. The summed E-state index contributed by atoms with van der Waals surface area (Å²) in [6.45, 7) is 16.4. The third kappa shape index (κ3) is 4.99. The van der Waals surface area contributed by atoms with Crippen LogP contribution in [0.5, 0.6) is 0 Å². The molecule has 6 N–H and O–H groups in total. The third-order valence-electron chi connectivity index (χ3n) is 15.8.